The molecule has 0 spiro atoms. The van der Waals surface area contributed by atoms with Crippen LogP contribution in [0, 0.1) is 0 Å². The monoisotopic (exact) mass is 498 g/mol. The predicted octanol–water partition coefficient (Wildman–Crippen LogP) is 9.78. The molecule has 0 N–H and O–H groups in total. The molecule has 0 bridgehead atoms. The van der Waals surface area contributed by atoms with E-state index in [0.717, 1.165) is 18.9 Å². The minimum absolute atomic E-state index is 0.219. The molecular weight excluding hydrogens is 455 g/mol. The molecule has 0 fully saturated rings. The lowest BCUT2D eigenvalue weighted by atomic mass is 10.0. The lowest BCUT2D eigenvalue weighted by Crippen LogP contribution is -2.07. The number of carbonyl (C=O) groups excluding carboxylic acids is 1. The first-order chi connectivity index (χ1) is 14.5. The van der Waals surface area contributed by atoms with Gasteiger partial charge in [0.05, 0.1) is 6.61 Å². The number of hydrogen-bond acceptors (Lipinski definition) is 2. The molecule has 0 aliphatic rings. The third kappa shape index (κ3) is 26.3. The number of allylic oxidation sites excluding steroid dienone is 1. The van der Waals surface area contributed by atoms with E-state index in [9.17, 15) is 4.79 Å². The number of ether oxygens (including phenoxy) is 1. The van der Waals surface area contributed by atoms with E-state index >= 15 is 0 Å². The maximum atomic E-state index is 11.1. The van der Waals surface area contributed by atoms with Crippen LogP contribution in [-0.4, -0.2) is 18.6 Å². The Bertz CT molecular complexity index is 412. The van der Waals surface area contributed by atoms with Gasteiger partial charge in [-0.1, -0.05) is 115 Å². The van der Waals surface area contributed by atoms with Crippen LogP contribution in [0.15, 0.2) is 12.2 Å². The highest BCUT2D eigenvalue weighted by Crippen LogP contribution is 2.27. The molecule has 0 heterocycles. The number of carbonyl (C=O) groups is 1. The van der Waals surface area contributed by atoms with Crippen LogP contribution >= 0.6 is 33.2 Å². The highest BCUT2D eigenvalue weighted by molar-refractivity contribution is 7.64. The maximum Gasteiger partial charge on any atom is 0.341 e. The van der Waals surface area contributed by atoms with Gasteiger partial charge in [0.2, 0.25) is 0 Å². The van der Waals surface area contributed by atoms with Crippen molar-refractivity contribution in [1.29, 1.82) is 0 Å². The molecule has 0 aromatic carbocycles. The van der Waals surface area contributed by atoms with Crippen LogP contribution in [0.4, 0.5) is 0 Å². The summed E-state index contributed by atoms with van der Waals surface area (Å²) in [6.45, 7) is 2.38. The standard InChI is InChI=1S/C24H45Cl3O2Si/c1-2-21-24(28)29-22-19-17-15-13-11-9-7-5-3-4-6-8-10-12-14-16-18-20-23-30(25,26)27/h2,21H,3-20,22-23H2,1H3. The smallest absolute Gasteiger partial charge is 0.341 e. The molecule has 30 heavy (non-hydrogen) atoms. The quantitative estimate of drug-likeness (QED) is 0.0487. The first-order valence-corrected chi connectivity index (χ1v) is 17.6. The normalized spacial score (nSPS) is 12.0. The van der Waals surface area contributed by atoms with Gasteiger partial charge in [-0.05, 0) is 19.4 Å². The summed E-state index contributed by atoms with van der Waals surface area (Å²) < 4.78 is 5.09. The van der Waals surface area contributed by atoms with Crippen molar-refractivity contribution >= 4 is 45.2 Å². The van der Waals surface area contributed by atoms with E-state index < -0.39 is 6.00 Å². The molecule has 0 aliphatic carbocycles. The fraction of sp³-hybridized carbons (Fsp3) is 0.875. The number of halogens is 3. The van der Waals surface area contributed by atoms with Crippen LogP contribution < -0.4 is 0 Å². The number of unbranched alkanes of at least 4 members (excludes halogenated alkanes) is 17. The molecule has 178 valence electrons. The first-order valence-electron chi connectivity index (χ1n) is 12.3. The molecule has 0 aromatic heterocycles. The zero-order chi connectivity index (χ0) is 22.3. The summed E-state index contributed by atoms with van der Waals surface area (Å²) in [5, 5.41) is 0. The fourth-order valence-corrected chi connectivity index (χ4v) is 5.47. The second-order valence-electron chi connectivity index (χ2n) is 8.40. The highest BCUT2D eigenvalue weighted by Gasteiger charge is 2.23. The molecular formula is C24H45Cl3O2Si. The summed E-state index contributed by atoms with van der Waals surface area (Å²) in [7, 11) is 0. The molecule has 0 radical (unpaired) electrons. The van der Waals surface area contributed by atoms with E-state index in [2.05, 4.69) is 0 Å². The van der Waals surface area contributed by atoms with E-state index in [1.54, 1.807) is 6.08 Å². The Kier molecular flexibility index (Phi) is 22.7. The average Bonchev–Trinajstić information content (AvgIpc) is 2.68. The summed E-state index contributed by atoms with van der Waals surface area (Å²) in [5.74, 6) is -0.219. The van der Waals surface area contributed by atoms with Crippen LogP contribution in [0.5, 0.6) is 0 Å². The summed E-state index contributed by atoms with van der Waals surface area (Å²) in [5.41, 5.74) is 0. The SMILES string of the molecule is CC=CC(=O)OCCCCCCCCCCCCCCCCCCCC[Si](Cl)(Cl)Cl. The fourth-order valence-electron chi connectivity index (χ4n) is 3.61. The van der Waals surface area contributed by atoms with Gasteiger partial charge in [-0.3, -0.25) is 0 Å². The highest BCUT2D eigenvalue weighted by atomic mass is 35.8. The van der Waals surface area contributed by atoms with Crippen molar-refractivity contribution in [2.24, 2.45) is 0 Å². The second kappa shape index (κ2) is 22.5. The first kappa shape index (κ1) is 30.3. The molecule has 0 amide bonds. The van der Waals surface area contributed by atoms with Gasteiger partial charge in [0.1, 0.15) is 0 Å². The van der Waals surface area contributed by atoms with Crippen molar-refractivity contribution in [3.05, 3.63) is 12.2 Å². The van der Waals surface area contributed by atoms with Gasteiger partial charge in [-0.25, -0.2) is 4.79 Å². The molecule has 0 saturated carbocycles. The van der Waals surface area contributed by atoms with Crippen molar-refractivity contribution in [3.63, 3.8) is 0 Å². The maximum absolute atomic E-state index is 11.1. The molecule has 0 atom stereocenters. The zero-order valence-electron chi connectivity index (χ0n) is 19.2. The van der Waals surface area contributed by atoms with E-state index in [4.69, 9.17) is 38.0 Å². The van der Waals surface area contributed by atoms with E-state index in [1.807, 2.05) is 6.92 Å². The Morgan fingerprint density at radius 2 is 0.967 bits per heavy atom. The molecule has 0 aromatic rings. The lowest BCUT2D eigenvalue weighted by Gasteiger charge is -2.07. The van der Waals surface area contributed by atoms with Gasteiger partial charge < -0.3 is 4.74 Å². The van der Waals surface area contributed by atoms with Gasteiger partial charge >= 0.3 is 12.0 Å². The van der Waals surface area contributed by atoms with E-state index in [0.29, 0.717) is 6.61 Å². The number of hydrogen-bond donors (Lipinski definition) is 0. The van der Waals surface area contributed by atoms with Crippen LogP contribution in [0.3, 0.4) is 0 Å². The summed E-state index contributed by atoms with van der Waals surface area (Å²) in [6, 6.07) is -1.56. The lowest BCUT2D eigenvalue weighted by molar-refractivity contribution is -0.137. The van der Waals surface area contributed by atoms with Crippen molar-refractivity contribution in [2.45, 2.75) is 129 Å². The third-order valence-corrected chi connectivity index (χ3v) is 8.02. The van der Waals surface area contributed by atoms with E-state index in [1.165, 1.54) is 109 Å². The summed E-state index contributed by atoms with van der Waals surface area (Å²) in [6.07, 6.45) is 26.7. The van der Waals surface area contributed by atoms with Crippen molar-refractivity contribution in [1.82, 2.24) is 0 Å². The molecule has 0 saturated heterocycles. The van der Waals surface area contributed by atoms with Crippen molar-refractivity contribution in [2.75, 3.05) is 6.61 Å². The van der Waals surface area contributed by atoms with Crippen molar-refractivity contribution < 1.29 is 9.53 Å². The predicted molar refractivity (Wildman–Crippen MR) is 137 cm³/mol. The van der Waals surface area contributed by atoms with Gasteiger partial charge in [-0.15, -0.1) is 33.2 Å². The van der Waals surface area contributed by atoms with Gasteiger partial charge in [0.25, 0.3) is 0 Å². The van der Waals surface area contributed by atoms with Gasteiger partial charge in [-0.2, -0.15) is 0 Å². The molecule has 0 unspecified atom stereocenters. The number of esters is 1. The topological polar surface area (TPSA) is 26.3 Å². The van der Waals surface area contributed by atoms with Crippen LogP contribution in [0.2, 0.25) is 6.04 Å². The Morgan fingerprint density at radius 1 is 0.633 bits per heavy atom. The Labute approximate surface area is 201 Å². The van der Waals surface area contributed by atoms with Crippen LogP contribution in [0.1, 0.15) is 122 Å². The Balaban J connectivity index is 3.09. The average molecular weight is 500 g/mol. The molecule has 2 nitrogen and oxygen atoms in total. The van der Waals surface area contributed by atoms with Crippen LogP contribution in [-0.2, 0) is 9.53 Å². The largest absolute Gasteiger partial charge is 0.463 e. The zero-order valence-corrected chi connectivity index (χ0v) is 22.5. The third-order valence-electron chi connectivity index (χ3n) is 5.40. The molecule has 0 aliphatic heterocycles. The Hall–Kier alpha value is 0.297. The van der Waals surface area contributed by atoms with Crippen molar-refractivity contribution in [3.8, 4) is 0 Å². The minimum Gasteiger partial charge on any atom is -0.463 e. The second-order valence-corrected chi connectivity index (χ2v) is 17.7. The van der Waals surface area contributed by atoms with Gasteiger partial charge in [0.15, 0.2) is 0 Å². The summed E-state index contributed by atoms with van der Waals surface area (Å²) >= 11 is 17.7. The number of rotatable bonds is 22. The Morgan fingerprint density at radius 3 is 1.30 bits per heavy atom. The van der Waals surface area contributed by atoms with Crippen LogP contribution in [0.25, 0.3) is 0 Å². The molecule has 0 rings (SSSR count). The van der Waals surface area contributed by atoms with Gasteiger partial charge in [0, 0.05) is 6.08 Å². The van der Waals surface area contributed by atoms with E-state index in [-0.39, 0.29) is 5.97 Å². The minimum atomic E-state index is -2.37. The molecule has 6 heteroatoms. The summed E-state index contributed by atoms with van der Waals surface area (Å²) in [4.78, 5) is 11.1.